The van der Waals surface area contributed by atoms with Gasteiger partial charge in [-0.2, -0.15) is 5.10 Å². The van der Waals surface area contributed by atoms with Gasteiger partial charge in [0, 0.05) is 12.4 Å². The van der Waals surface area contributed by atoms with Gasteiger partial charge in [-0.1, -0.05) is 0 Å². The van der Waals surface area contributed by atoms with E-state index in [0.717, 1.165) is 0 Å². The van der Waals surface area contributed by atoms with Crippen molar-refractivity contribution in [2.24, 2.45) is 0 Å². The van der Waals surface area contributed by atoms with Crippen LogP contribution in [0.2, 0.25) is 0 Å². The van der Waals surface area contributed by atoms with Crippen LogP contribution in [0.15, 0.2) is 24.8 Å². The van der Waals surface area contributed by atoms with Gasteiger partial charge in [0.25, 0.3) is 5.91 Å². The maximum Gasteiger partial charge on any atom is 0.325 e. The summed E-state index contributed by atoms with van der Waals surface area (Å²) in [6.45, 7) is 1.83. The van der Waals surface area contributed by atoms with Gasteiger partial charge in [0.05, 0.1) is 30.1 Å². The number of ether oxygens (including phenoxy) is 1. The summed E-state index contributed by atoms with van der Waals surface area (Å²) in [6.07, 6.45) is 6.17. The van der Waals surface area contributed by atoms with Gasteiger partial charge in [0.1, 0.15) is 6.54 Å². The predicted octanol–water partition coefficient (Wildman–Crippen LogP) is 0.0222. The van der Waals surface area contributed by atoms with Crippen LogP contribution in [0.5, 0.6) is 0 Å². The second-order valence-corrected chi connectivity index (χ2v) is 3.45. The van der Waals surface area contributed by atoms with Crippen LogP contribution in [-0.4, -0.2) is 39.6 Å². The summed E-state index contributed by atoms with van der Waals surface area (Å²) in [7, 11) is 0. The third-order valence-corrected chi connectivity index (χ3v) is 2.27. The van der Waals surface area contributed by atoms with Gasteiger partial charge in [0.2, 0.25) is 0 Å². The van der Waals surface area contributed by atoms with Gasteiger partial charge in [-0.15, -0.1) is 0 Å². The molecule has 0 aromatic carbocycles. The summed E-state index contributed by atoms with van der Waals surface area (Å²) < 4.78 is 6.24. The minimum atomic E-state index is -0.472. The van der Waals surface area contributed by atoms with Crippen LogP contribution in [0, 0.1) is 0 Å². The lowest BCUT2D eigenvalue weighted by Gasteiger charge is -2.03. The monoisotopic (exact) mass is 248 g/mol. The van der Waals surface area contributed by atoms with Crippen molar-refractivity contribution < 1.29 is 14.3 Å². The van der Waals surface area contributed by atoms with E-state index < -0.39 is 5.97 Å². The smallest absolute Gasteiger partial charge is 0.325 e. The Morgan fingerprint density at radius 3 is 3.06 bits per heavy atom. The highest BCUT2D eigenvalue weighted by Crippen LogP contribution is 2.07. The fourth-order valence-corrected chi connectivity index (χ4v) is 1.47. The first-order valence-electron chi connectivity index (χ1n) is 5.43. The summed E-state index contributed by atoms with van der Waals surface area (Å²) in [6, 6.07) is 0. The van der Waals surface area contributed by atoms with E-state index in [-0.39, 0.29) is 19.1 Å². The maximum atomic E-state index is 11.8. The van der Waals surface area contributed by atoms with Gasteiger partial charge < -0.3 is 10.1 Å². The molecule has 0 fully saturated rings. The van der Waals surface area contributed by atoms with Crippen LogP contribution in [0.3, 0.4) is 0 Å². The Morgan fingerprint density at radius 1 is 1.44 bits per heavy atom. The van der Waals surface area contributed by atoms with E-state index in [4.69, 9.17) is 4.74 Å². The van der Waals surface area contributed by atoms with Gasteiger partial charge in [-0.05, 0) is 6.92 Å². The van der Waals surface area contributed by atoms with Crippen molar-refractivity contribution in [1.82, 2.24) is 19.9 Å². The fraction of sp³-hybridized carbons (Fsp3) is 0.273. The van der Waals surface area contributed by atoms with Crippen molar-refractivity contribution in [3.63, 3.8) is 0 Å². The third kappa shape index (κ3) is 2.45. The number of nitrogens with zero attached hydrogens (tertiary/aromatic N) is 3. The molecule has 94 valence electrons. The molecule has 0 saturated heterocycles. The molecule has 0 bridgehead atoms. The zero-order chi connectivity index (χ0) is 13.0. The van der Waals surface area contributed by atoms with Crippen LogP contribution in [0.25, 0.3) is 5.52 Å². The van der Waals surface area contributed by atoms with Crippen LogP contribution in [0.4, 0.5) is 0 Å². The Balaban J connectivity index is 2.07. The number of hydrogen-bond donors (Lipinski definition) is 1. The first kappa shape index (κ1) is 12.0. The molecule has 0 spiro atoms. The molecule has 2 aromatic heterocycles. The molecule has 0 radical (unpaired) electrons. The highest BCUT2D eigenvalue weighted by Gasteiger charge is 2.13. The molecule has 0 aliphatic heterocycles. The number of carbonyl (C=O) groups excluding carboxylic acids is 2. The van der Waals surface area contributed by atoms with Crippen molar-refractivity contribution in [1.29, 1.82) is 0 Å². The third-order valence-electron chi connectivity index (χ3n) is 2.27. The highest BCUT2D eigenvalue weighted by atomic mass is 16.5. The van der Waals surface area contributed by atoms with E-state index in [1.54, 1.807) is 19.3 Å². The molecule has 2 rings (SSSR count). The topological polar surface area (TPSA) is 85.6 Å². The zero-order valence-electron chi connectivity index (χ0n) is 9.79. The number of carbonyl (C=O) groups is 2. The molecule has 2 aromatic rings. The Bertz CT molecular complexity index is 578. The molecule has 1 amide bonds. The largest absolute Gasteiger partial charge is 0.465 e. The van der Waals surface area contributed by atoms with E-state index in [1.165, 1.54) is 16.9 Å². The molecule has 0 saturated carbocycles. The first-order chi connectivity index (χ1) is 8.72. The number of esters is 1. The van der Waals surface area contributed by atoms with Crippen LogP contribution >= 0.6 is 0 Å². The van der Waals surface area contributed by atoms with Crippen molar-refractivity contribution in [2.75, 3.05) is 13.2 Å². The lowest BCUT2D eigenvalue weighted by molar-refractivity contribution is -0.141. The molecule has 0 aliphatic carbocycles. The van der Waals surface area contributed by atoms with Gasteiger partial charge in [-0.25, -0.2) is 4.52 Å². The Labute approximate surface area is 103 Å². The van der Waals surface area contributed by atoms with Gasteiger partial charge in [-0.3, -0.25) is 14.6 Å². The number of nitrogens with one attached hydrogen (secondary N) is 1. The number of fused-ring (bicyclic) bond motifs is 1. The Morgan fingerprint density at radius 2 is 2.28 bits per heavy atom. The highest BCUT2D eigenvalue weighted by molar-refractivity contribution is 6.01. The van der Waals surface area contributed by atoms with Crippen LogP contribution in [0.1, 0.15) is 17.3 Å². The Hall–Kier alpha value is -2.44. The van der Waals surface area contributed by atoms with Crippen molar-refractivity contribution in [3.8, 4) is 0 Å². The maximum absolute atomic E-state index is 11.8. The van der Waals surface area contributed by atoms with E-state index in [0.29, 0.717) is 11.1 Å². The molecule has 2 heterocycles. The van der Waals surface area contributed by atoms with E-state index in [2.05, 4.69) is 15.4 Å². The molecular formula is C11H12N4O3. The molecular weight excluding hydrogens is 236 g/mol. The minimum Gasteiger partial charge on any atom is -0.465 e. The molecule has 7 nitrogen and oxygen atoms in total. The summed E-state index contributed by atoms with van der Waals surface area (Å²) in [5.74, 6) is -0.855. The summed E-state index contributed by atoms with van der Waals surface area (Å²) in [4.78, 5) is 26.9. The lowest BCUT2D eigenvalue weighted by atomic mass is 10.3. The molecule has 7 heteroatoms. The van der Waals surface area contributed by atoms with E-state index in [9.17, 15) is 9.59 Å². The molecule has 0 unspecified atom stereocenters. The molecule has 18 heavy (non-hydrogen) atoms. The lowest BCUT2D eigenvalue weighted by Crippen LogP contribution is -2.30. The number of amides is 1. The average Bonchev–Trinajstić information content (AvgIpc) is 2.80. The Kier molecular flexibility index (Phi) is 3.52. The standard InChI is InChI=1S/C11H12N4O3/c1-2-18-10(16)7-13-11(17)8-5-14-15-4-3-12-6-9(8)15/h3-6H,2,7H2,1H3,(H,13,17). The number of rotatable bonds is 4. The van der Waals surface area contributed by atoms with E-state index >= 15 is 0 Å². The number of hydrogen-bond acceptors (Lipinski definition) is 5. The average molecular weight is 248 g/mol. The molecule has 0 atom stereocenters. The second-order valence-electron chi connectivity index (χ2n) is 3.45. The second kappa shape index (κ2) is 5.26. The normalized spacial score (nSPS) is 10.3. The van der Waals surface area contributed by atoms with Crippen LogP contribution in [-0.2, 0) is 9.53 Å². The summed E-state index contributed by atoms with van der Waals surface area (Å²) in [5.41, 5.74) is 0.950. The summed E-state index contributed by atoms with van der Waals surface area (Å²) >= 11 is 0. The quantitative estimate of drug-likeness (QED) is 0.771. The van der Waals surface area contributed by atoms with Gasteiger partial charge >= 0.3 is 5.97 Å². The minimum absolute atomic E-state index is 0.162. The fourth-order valence-electron chi connectivity index (χ4n) is 1.47. The van der Waals surface area contributed by atoms with Crippen molar-refractivity contribution >= 4 is 17.4 Å². The summed E-state index contributed by atoms with van der Waals surface area (Å²) in [5, 5.41) is 6.47. The zero-order valence-corrected chi connectivity index (χ0v) is 9.79. The van der Waals surface area contributed by atoms with E-state index in [1.807, 2.05) is 0 Å². The first-order valence-corrected chi connectivity index (χ1v) is 5.43. The number of aromatic nitrogens is 3. The predicted molar refractivity (Wildman–Crippen MR) is 62.0 cm³/mol. The van der Waals surface area contributed by atoms with Crippen LogP contribution < -0.4 is 5.32 Å². The van der Waals surface area contributed by atoms with Gasteiger partial charge in [0.15, 0.2) is 0 Å². The SMILES string of the molecule is CCOC(=O)CNC(=O)c1cnn2ccncc12. The van der Waals surface area contributed by atoms with Crippen molar-refractivity contribution in [2.45, 2.75) is 6.92 Å². The molecule has 0 aliphatic rings. The van der Waals surface area contributed by atoms with Crippen molar-refractivity contribution in [3.05, 3.63) is 30.4 Å². The molecule has 1 N–H and O–H groups in total.